The third-order valence-corrected chi connectivity index (χ3v) is 4.26. The van der Waals surface area contributed by atoms with Gasteiger partial charge in [-0.15, -0.1) is 11.3 Å². The highest BCUT2D eigenvalue weighted by Gasteiger charge is 2.35. The van der Waals surface area contributed by atoms with Crippen molar-refractivity contribution in [1.29, 1.82) is 0 Å². The molecule has 0 spiro atoms. The summed E-state index contributed by atoms with van der Waals surface area (Å²) < 4.78 is 38.2. The Balaban J connectivity index is 2.83. The number of carboxylic acids is 1. The maximum atomic E-state index is 12.6. The molecule has 96 valence electrons. The van der Waals surface area contributed by atoms with Crippen molar-refractivity contribution in [2.24, 2.45) is 0 Å². The Bertz CT molecular complexity index is 649. The summed E-state index contributed by atoms with van der Waals surface area (Å²) in [5.74, 6) is -1.30. The number of thiophene rings is 1. The van der Waals surface area contributed by atoms with Crippen LogP contribution in [-0.2, 0) is 6.18 Å². The van der Waals surface area contributed by atoms with Gasteiger partial charge in [-0.3, -0.25) is 0 Å². The van der Waals surface area contributed by atoms with E-state index in [9.17, 15) is 18.0 Å². The highest BCUT2D eigenvalue weighted by molar-refractivity contribution is 7.21. The molecule has 0 saturated heterocycles. The minimum atomic E-state index is -4.61. The molecule has 1 aromatic heterocycles. The van der Waals surface area contributed by atoms with Crippen molar-refractivity contribution in [2.75, 3.05) is 0 Å². The lowest BCUT2D eigenvalue weighted by Crippen LogP contribution is -2.05. The van der Waals surface area contributed by atoms with Crippen LogP contribution in [0.25, 0.3) is 10.1 Å². The standard InChI is InChI=1S/C10H3Cl2F3O2S/c11-6-3(10(13,14)15)1-2-4-5(6)7(12)8(18-4)9(16)17/h1-2H,(H,16,17). The van der Waals surface area contributed by atoms with E-state index in [2.05, 4.69) is 0 Å². The Morgan fingerprint density at radius 3 is 2.33 bits per heavy atom. The van der Waals surface area contributed by atoms with E-state index in [1.807, 2.05) is 0 Å². The molecule has 8 heteroatoms. The molecule has 0 fully saturated rings. The number of aromatic carboxylic acids is 1. The van der Waals surface area contributed by atoms with Gasteiger partial charge >= 0.3 is 12.1 Å². The van der Waals surface area contributed by atoms with Gasteiger partial charge in [-0.2, -0.15) is 13.2 Å². The van der Waals surface area contributed by atoms with Gasteiger partial charge in [0.15, 0.2) is 0 Å². The number of hydrogen-bond acceptors (Lipinski definition) is 2. The fourth-order valence-corrected chi connectivity index (χ4v) is 3.33. The fraction of sp³-hybridized carbons (Fsp3) is 0.100. The van der Waals surface area contributed by atoms with Crippen LogP contribution >= 0.6 is 34.5 Å². The highest BCUT2D eigenvalue weighted by atomic mass is 35.5. The summed E-state index contributed by atoms with van der Waals surface area (Å²) in [4.78, 5) is 10.6. The van der Waals surface area contributed by atoms with Gasteiger partial charge in [0.2, 0.25) is 0 Å². The number of halogens is 5. The lowest BCUT2D eigenvalue weighted by Gasteiger charge is -2.09. The number of benzene rings is 1. The maximum absolute atomic E-state index is 12.6. The Kier molecular flexibility index (Phi) is 3.21. The molecule has 1 heterocycles. The predicted octanol–water partition coefficient (Wildman–Crippen LogP) is 4.93. The van der Waals surface area contributed by atoms with E-state index in [1.54, 1.807) is 0 Å². The van der Waals surface area contributed by atoms with Crippen molar-refractivity contribution in [3.63, 3.8) is 0 Å². The van der Waals surface area contributed by atoms with E-state index >= 15 is 0 Å². The average Bonchev–Trinajstić information content (AvgIpc) is 2.55. The molecule has 0 aliphatic carbocycles. The number of carbonyl (C=O) groups is 1. The first-order valence-corrected chi connectivity index (χ1v) is 6.01. The lowest BCUT2D eigenvalue weighted by atomic mass is 10.1. The van der Waals surface area contributed by atoms with Crippen LogP contribution in [0.15, 0.2) is 12.1 Å². The van der Waals surface area contributed by atoms with E-state index in [0.717, 1.165) is 23.5 Å². The maximum Gasteiger partial charge on any atom is 0.417 e. The van der Waals surface area contributed by atoms with E-state index in [4.69, 9.17) is 28.3 Å². The van der Waals surface area contributed by atoms with E-state index in [0.29, 0.717) is 4.70 Å². The molecule has 2 nitrogen and oxygen atoms in total. The molecule has 0 saturated carbocycles. The van der Waals surface area contributed by atoms with Gasteiger partial charge in [0.25, 0.3) is 0 Å². The summed E-state index contributed by atoms with van der Waals surface area (Å²) in [5.41, 5.74) is -1.03. The van der Waals surface area contributed by atoms with Crippen LogP contribution < -0.4 is 0 Å². The monoisotopic (exact) mass is 314 g/mol. The molecular weight excluding hydrogens is 312 g/mol. The molecule has 2 rings (SSSR count). The molecule has 0 unspecified atom stereocenters. The minimum Gasteiger partial charge on any atom is -0.477 e. The van der Waals surface area contributed by atoms with Gasteiger partial charge < -0.3 is 5.11 Å². The minimum absolute atomic E-state index is 0.0736. The van der Waals surface area contributed by atoms with Crippen molar-refractivity contribution in [3.05, 3.63) is 32.6 Å². The summed E-state index contributed by atoms with van der Waals surface area (Å²) in [5, 5.41) is 7.93. The summed E-state index contributed by atoms with van der Waals surface area (Å²) in [7, 11) is 0. The van der Waals surface area contributed by atoms with Crippen molar-refractivity contribution in [2.45, 2.75) is 6.18 Å². The summed E-state index contributed by atoms with van der Waals surface area (Å²) >= 11 is 12.2. The largest absolute Gasteiger partial charge is 0.477 e. The van der Waals surface area contributed by atoms with Crippen LogP contribution in [0.5, 0.6) is 0 Å². The average molecular weight is 315 g/mol. The van der Waals surface area contributed by atoms with Gasteiger partial charge in [-0.1, -0.05) is 23.2 Å². The highest BCUT2D eigenvalue weighted by Crippen LogP contribution is 2.44. The first-order valence-electron chi connectivity index (χ1n) is 4.44. The normalized spacial score (nSPS) is 12.1. The van der Waals surface area contributed by atoms with Crippen molar-refractivity contribution >= 4 is 50.6 Å². The van der Waals surface area contributed by atoms with Crippen molar-refractivity contribution < 1.29 is 23.1 Å². The summed E-state index contributed by atoms with van der Waals surface area (Å²) in [6.07, 6.45) is -4.61. The molecule has 2 aromatic rings. The zero-order chi connectivity index (χ0) is 13.7. The van der Waals surface area contributed by atoms with Crippen LogP contribution in [0.3, 0.4) is 0 Å². The Hall–Kier alpha value is -0.980. The fourth-order valence-electron chi connectivity index (χ4n) is 1.47. The van der Waals surface area contributed by atoms with Gasteiger partial charge in [0.05, 0.1) is 15.6 Å². The lowest BCUT2D eigenvalue weighted by molar-refractivity contribution is -0.137. The smallest absolute Gasteiger partial charge is 0.417 e. The van der Waals surface area contributed by atoms with Crippen LogP contribution in [-0.4, -0.2) is 11.1 Å². The zero-order valence-corrected chi connectivity index (χ0v) is 10.6. The molecule has 0 radical (unpaired) electrons. The Morgan fingerprint density at radius 1 is 1.22 bits per heavy atom. The first kappa shape index (κ1) is 13.5. The second kappa shape index (κ2) is 4.29. The van der Waals surface area contributed by atoms with E-state index in [1.165, 1.54) is 0 Å². The number of carboxylic acid groups (broad SMARTS) is 1. The van der Waals surface area contributed by atoms with Crippen LogP contribution in [0, 0.1) is 0 Å². The first-order chi connectivity index (χ1) is 8.23. The summed E-state index contributed by atoms with van der Waals surface area (Å²) in [6.45, 7) is 0. The Morgan fingerprint density at radius 2 is 1.83 bits per heavy atom. The zero-order valence-electron chi connectivity index (χ0n) is 8.31. The molecule has 1 N–H and O–H groups in total. The van der Waals surface area contributed by atoms with Crippen LogP contribution in [0.2, 0.25) is 10.0 Å². The number of alkyl halides is 3. The topological polar surface area (TPSA) is 37.3 Å². The number of rotatable bonds is 1. The third-order valence-electron chi connectivity index (χ3n) is 2.23. The van der Waals surface area contributed by atoms with E-state index < -0.39 is 22.7 Å². The second-order valence-corrected chi connectivity index (χ2v) is 5.16. The van der Waals surface area contributed by atoms with Crippen LogP contribution in [0.4, 0.5) is 13.2 Å². The molecule has 0 aliphatic heterocycles. The summed E-state index contributed by atoms with van der Waals surface area (Å²) in [6, 6.07) is 1.97. The van der Waals surface area contributed by atoms with Gasteiger partial charge in [-0.05, 0) is 12.1 Å². The number of hydrogen-bond donors (Lipinski definition) is 1. The molecule has 0 amide bonds. The van der Waals surface area contributed by atoms with E-state index in [-0.39, 0.29) is 15.3 Å². The van der Waals surface area contributed by atoms with Gasteiger partial charge in [0, 0.05) is 10.1 Å². The Labute approximate surface area is 113 Å². The van der Waals surface area contributed by atoms with Gasteiger partial charge in [-0.25, -0.2) is 4.79 Å². The van der Waals surface area contributed by atoms with Crippen molar-refractivity contribution in [3.8, 4) is 0 Å². The number of fused-ring (bicyclic) bond motifs is 1. The molecule has 1 aromatic carbocycles. The molecule has 0 aliphatic rings. The molecule has 0 atom stereocenters. The predicted molar refractivity (Wildman–Crippen MR) is 63.8 cm³/mol. The molecular formula is C10H3Cl2F3O2S. The third kappa shape index (κ3) is 2.04. The SMILES string of the molecule is O=C(O)c1sc2ccc(C(F)(F)F)c(Cl)c2c1Cl. The molecule has 0 bridgehead atoms. The second-order valence-electron chi connectivity index (χ2n) is 3.35. The molecule has 18 heavy (non-hydrogen) atoms. The van der Waals surface area contributed by atoms with Gasteiger partial charge in [0.1, 0.15) is 4.88 Å². The quantitative estimate of drug-likeness (QED) is 0.810. The van der Waals surface area contributed by atoms with Crippen LogP contribution in [0.1, 0.15) is 15.2 Å². The van der Waals surface area contributed by atoms with Crippen molar-refractivity contribution in [1.82, 2.24) is 0 Å².